The summed E-state index contributed by atoms with van der Waals surface area (Å²) in [5.41, 5.74) is 0.900. The van der Waals surface area contributed by atoms with Crippen LogP contribution in [-0.4, -0.2) is 57.0 Å². The van der Waals surface area contributed by atoms with Gasteiger partial charge in [0.2, 0.25) is 15.9 Å². The minimum atomic E-state index is -3.64. The van der Waals surface area contributed by atoms with Crippen molar-refractivity contribution < 1.29 is 22.7 Å². The number of sulfonamides is 1. The second-order valence-electron chi connectivity index (χ2n) is 6.75. The molecule has 3 heterocycles. The molecule has 0 aliphatic carbocycles. The van der Waals surface area contributed by atoms with E-state index in [1.54, 1.807) is 25.2 Å². The average Bonchev–Trinajstić information content (AvgIpc) is 3.08. The monoisotopic (exact) mass is 365 g/mol. The van der Waals surface area contributed by atoms with E-state index in [1.807, 2.05) is 0 Å². The Morgan fingerprint density at radius 2 is 1.92 bits per heavy atom. The minimum absolute atomic E-state index is 0.0417. The van der Waals surface area contributed by atoms with Crippen LogP contribution in [0.25, 0.3) is 0 Å². The molecule has 3 aliphatic heterocycles. The van der Waals surface area contributed by atoms with Gasteiger partial charge in [-0.25, -0.2) is 13.2 Å². The number of piperidine rings is 1. The summed E-state index contributed by atoms with van der Waals surface area (Å²) in [4.78, 5) is 24.8. The Bertz CT molecular complexity index is 859. The number of carbonyl (C=O) groups excluding carboxylic acids is 2. The van der Waals surface area contributed by atoms with Crippen molar-refractivity contribution in [2.75, 3.05) is 31.6 Å². The molecule has 2 amide bonds. The van der Waals surface area contributed by atoms with Crippen LogP contribution in [0.5, 0.6) is 0 Å². The van der Waals surface area contributed by atoms with Crippen molar-refractivity contribution in [3.05, 3.63) is 23.8 Å². The third-order valence-corrected chi connectivity index (χ3v) is 7.16. The predicted molar refractivity (Wildman–Crippen MR) is 88.8 cm³/mol. The number of hydrogen-bond donors (Lipinski definition) is 1. The topological polar surface area (TPSA) is 96.0 Å². The summed E-state index contributed by atoms with van der Waals surface area (Å²) in [6.07, 6.45) is 0.720. The van der Waals surface area contributed by atoms with E-state index in [0.717, 1.165) is 11.3 Å². The first-order chi connectivity index (χ1) is 11.8. The number of likely N-dealkylation sites (N-methyl/N-ethyl adjacent to an activating group) is 1. The van der Waals surface area contributed by atoms with Gasteiger partial charge in [0.1, 0.15) is 5.60 Å². The summed E-state index contributed by atoms with van der Waals surface area (Å²) in [5, 5.41) is 2.64. The fraction of sp³-hybridized carbons (Fsp3) is 0.500. The number of ether oxygens (including phenoxy) is 1. The van der Waals surface area contributed by atoms with E-state index in [-0.39, 0.29) is 17.2 Å². The highest BCUT2D eigenvalue weighted by molar-refractivity contribution is 7.89. The highest BCUT2D eigenvalue weighted by Gasteiger charge is 2.45. The third-order valence-electron chi connectivity index (χ3n) is 5.26. The molecule has 1 aromatic rings. The maximum atomic E-state index is 12.9. The van der Waals surface area contributed by atoms with E-state index in [1.165, 1.54) is 9.21 Å². The second-order valence-corrected chi connectivity index (χ2v) is 8.69. The molecular weight excluding hydrogens is 346 g/mol. The van der Waals surface area contributed by atoms with Crippen LogP contribution in [-0.2, 0) is 26.0 Å². The molecule has 0 bridgehead atoms. The maximum Gasteiger partial charge on any atom is 0.407 e. The molecule has 0 radical (unpaired) electrons. The Balaban J connectivity index is 1.54. The lowest BCUT2D eigenvalue weighted by molar-refractivity contribution is -0.117. The van der Waals surface area contributed by atoms with Crippen LogP contribution in [0.3, 0.4) is 0 Å². The van der Waals surface area contributed by atoms with Crippen molar-refractivity contribution in [2.24, 2.45) is 0 Å². The van der Waals surface area contributed by atoms with Gasteiger partial charge in [-0.1, -0.05) is 0 Å². The minimum Gasteiger partial charge on any atom is -0.441 e. The van der Waals surface area contributed by atoms with E-state index < -0.39 is 21.7 Å². The first-order valence-corrected chi connectivity index (χ1v) is 9.61. The van der Waals surface area contributed by atoms with Gasteiger partial charge in [0.05, 0.1) is 17.9 Å². The Kier molecular flexibility index (Phi) is 3.55. The van der Waals surface area contributed by atoms with Crippen LogP contribution in [0.2, 0.25) is 0 Å². The summed E-state index contributed by atoms with van der Waals surface area (Å²) >= 11 is 0. The average molecular weight is 365 g/mol. The van der Waals surface area contributed by atoms with Crippen molar-refractivity contribution >= 4 is 27.7 Å². The number of nitrogens with one attached hydrogen (secondary N) is 1. The molecule has 134 valence electrons. The fourth-order valence-electron chi connectivity index (χ4n) is 3.67. The maximum absolute atomic E-state index is 12.9. The zero-order valence-corrected chi connectivity index (χ0v) is 14.6. The summed E-state index contributed by atoms with van der Waals surface area (Å²) in [5.74, 6) is -0.0417. The van der Waals surface area contributed by atoms with Gasteiger partial charge >= 0.3 is 6.09 Å². The smallest absolute Gasteiger partial charge is 0.407 e. The van der Waals surface area contributed by atoms with Crippen molar-refractivity contribution in [3.8, 4) is 0 Å². The first kappa shape index (κ1) is 16.3. The molecule has 25 heavy (non-hydrogen) atoms. The standard InChI is InChI=1S/C16H19N3O5S/c1-18-13-3-2-12(8-11(13)9-14(18)20)25(22,23)19-6-4-16(5-7-19)10-17-15(21)24-16/h2-3,8H,4-7,9-10H2,1H3,(H,17,21). The SMILES string of the molecule is CN1C(=O)Cc2cc(S(=O)(=O)N3CCC4(CC3)CNC(=O)O4)ccc21. The number of nitrogens with zero attached hydrogens (tertiary/aromatic N) is 2. The predicted octanol–water partition coefficient (Wildman–Crippen LogP) is 0.469. The number of hydrogen-bond acceptors (Lipinski definition) is 5. The van der Waals surface area contributed by atoms with E-state index in [0.29, 0.717) is 32.5 Å². The van der Waals surface area contributed by atoms with E-state index in [4.69, 9.17) is 4.74 Å². The van der Waals surface area contributed by atoms with Crippen LogP contribution in [0.1, 0.15) is 18.4 Å². The summed E-state index contributed by atoms with van der Waals surface area (Å²) in [7, 11) is -1.95. The third kappa shape index (κ3) is 2.58. The largest absolute Gasteiger partial charge is 0.441 e. The Hall–Kier alpha value is -2.13. The van der Waals surface area contributed by atoms with Crippen LogP contribution in [0.15, 0.2) is 23.1 Å². The molecule has 0 atom stereocenters. The van der Waals surface area contributed by atoms with Crippen molar-refractivity contribution in [3.63, 3.8) is 0 Å². The molecule has 4 rings (SSSR count). The van der Waals surface area contributed by atoms with Crippen LogP contribution in [0, 0.1) is 0 Å². The highest BCUT2D eigenvalue weighted by Crippen LogP contribution is 2.34. The van der Waals surface area contributed by atoms with E-state index in [2.05, 4.69) is 5.32 Å². The van der Waals surface area contributed by atoms with Gasteiger partial charge < -0.3 is 15.0 Å². The lowest BCUT2D eigenvalue weighted by atomic mass is 9.93. The van der Waals surface area contributed by atoms with Crippen LogP contribution in [0.4, 0.5) is 10.5 Å². The fourth-order valence-corrected chi connectivity index (χ4v) is 5.16. The van der Waals surface area contributed by atoms with Gasteiger partial charge in [0.15, 0.2) is 0 Å². The molecule has 2 saturated heterocycles. The zero-order valence-electron chi connectivity index (χ0n) is 13.8. The normalized spacial score (nSPS) is 22.8. The lowest BCUT2D eigenvalue weighted by Gasteiger charge is -2.36. The van der Waals surface area contributed by atoms with Gasteiger partial charge in [0, 0.05) is 38.7 Å². The van der Waals surface area contributed by atoms with Crippen LogP contribution >= 0.6 is 0 Å². The Morgan fingerprint density at radius 1 is 1.20 bits per heavy atom. The number of rotatable bonds is 2. The number of amides is 2. The zero-order chi connectivity index (χ0) is 17.8. The molecule has 9 heteroatoms. The molecule has 3 aliphatic rings. The summed E-state index contributed by atoms with van der Waals surface area (Å²) in [6, 6.07) is 4.82. The molecular formula is C16H19N3O5S. The van der Waals surface area contributed by atoms with Crippen molar-refractivity contribution in [1.82, 2.24) is 9.62 Å². The van der Waals surface area contributed by atoms with Crippen molar-refractivity contribution in [2.45, 2.75) is 29.8 Å². The van der Waals surface area contributed by atoms with Crippen molar-refractivity contribution in [1.29, 1.82) is 0 Å². The molecule has 0 unspecified atom stereocenters. The first-order valence-electron chi connectivity index (χ1n) is 8.17. The molecule has 1 spiro atoms. The molecule has 8 nitrogen and oxygen atoms in total. The molecule has 1 aromatic carbocycles. The quantitative estimate of drug-likeness (QED) is 0.822. The summed E-state index contributed by atoms with van der Waals surface area (Å²) in [6.45, 7) is 1.02. The second kappa shape index (κ2) is 5.43. The number of carbonyl (C=O) groups is 2. The van der Waals surface area contributed by atoms with E-state index >= 15 is 0 Å². The van der Waals surface area contributed by atoms with Crippen LogP contribution < -0.4 is 10.2 Å². The lowest BCUT2D eigenvalue weighted by Crippen LogP contribution is -2.48. The summed E-state index contributed by atoms with van der Waals surface area (Å²) < 4.78 is 32.6. The van der Waals surface area contributed by atoms with Gasteiger partial charge in [-0.3, -0.25) is 4.79 Å². The van der Waals surface area contributed by atoms with Gasteiger partial charge in [0.25, 0.3) is 0 Å². The molecule has 1 N–H and O–H groups in total. The number of alkyl carbamates (subject to hydrolysis) is 1. The number of anilines is 1. The number of benzene rings is 1. The number of fused-ring (bicyclic) bond motifs is 1. The van der Waals surface area contributed by atoms with Gasteiger partial charge in [-0.2, -0.15) is 4.31 Å². The molecule has 2 fully saturated rings. The highest BCUT2D eigenvalue weighted by atomic mass is 32.2. The Labute approximate surface area is 145 Å². The molecule has 0 saturated carbocycles. The van der Waals surface area contributed by atoms with Gasteiger partial charge in [-0.15, -0.1) is 0 Å². The Morgan fingerprint density at radius 3 is 2.56 bits per heavy atom. The van der Waals surface area contributed by atoms with E-state index in [9.17, 15) is 18.0 Å². The molecule has 0 aromatic heterocycles. The van der Waals surface area contributed by atoms with Gasteiger partial charge in [-0.05, 0) is 23.8 Å².